The molecule has 0 fully saturated rings. The molecule has 3 rings (SSSR count). The van der Waals surface area contributed by atoms with Gasteiger partial charge in [0, 0.05) is 17.8 Å². The molecule has 3 aromatic rings. The molecule has 0 spiro atoms. The molecule has 0 amide bonds. The summed E-state index contributed by atoms with van der Waals surface area (Å²) in [6.07, 6.45) is 0. The van der Waals surface area contributed by atoms with Gasteiger partial charge in [-0.2, -0.15) is 15.0 Å². The van der Waals surface area contributed by atoms with Crippen LogP contribution >= 0.6 is 0 Å². The monoisotopic (exact) mass is 352 g/mol. The fourth-order valence-corrected chi connectivity index (χ4v) is 2.61. The van der Waals surface area contributed by atoms with E-state index >= 15 is 0 Å². The first-order valence-electron chi connectivity index (χ1n) is 8.26. The zero-order valence-corrected chi connectivity index (χ0v) is 14.8. The lowest BCUT2D eigenvalue weighted by atomic mass is 10.2. The number of benzene rings is 2. The van der Waals surface area contributed by atoms with Gasteiger partial charge in [0.15, 0.2) is 0 Å². The summed E-state index contributed by atoms with van der Waals surface area (Å²) in [6.45, 7) is 2.86. The minimum Gasteiger partial charge on any atom is -0.368 e. The van der Waals surface area contributed by atoms with Crippen molar-refractivity contribution in [2.24, 2.45) is 0 Å². The molecule has 6 nitrogen and oxygen atoms in total. The maximum Gasteiger partial charge on any atom is 0.232 e. The molecule has 0 unspecified atom stereocenters. The molecule has 134 valence electrons. The predicted molar refractivity (Wildman–Crippen MR) is 100 cm³/mol. The molecular weight excluding hydrogens is 331 g/mol. The van der Waals surface area contributed by atoms with Crippen LogP contribution in [-0.4, -0.2) is 26.9 Å². The predicted octanol–water partition coefficient (Wildman–Crippen LogP) is 3.28. The van der Waals surface area contributed by atoms with Gasteiger partial charge in [0.2, 0.25) is 11.9 Å². The van der Waals surface area contributed by atoms with Crippen LogP contribution in [0.2, 0.25) is 0 Å². The van der Waals surface area contributed by atoms with E-state index in [0.29, 0.717) is 30.4 Å². The Labute approximate surface area is 151 Å². The summed E-state index contributed by atoms with van der Waals surface area (Å²) in [6, 6.07) is 14.5. The van der Waals surface area contributed by atoms with Crippen LogP contribution in [0, 0.1) is 12.7 Å². The van der Waals surface area contributed by atoms with Crippen molar-refractivity contribution < 1.29 is 4.39 Å². The average Bonchev–Trinajstić information content (AvgIpc) is 2.58. The van der Waals surface area contributed by atoms with Gasteiger partial charge in [-0.3, -0.25) is 4.90 Å². The molecule has 0 aliphatic carbocycles. The van der Waals surface area contributed by atoms with Gasteiger partial charge in [0.1, 0.15) is 11.6 Å². The number of anilines is 3. The van der Waals surface area contributed by atoms with E-state index in [1.165, 1.54) is 6.07 Å². The SMILES string of the molecule is Cc1ccccc1Nc1nc(N)nc(CN(C)Cc2ccccc2F)n1. The van der Waals surface area contributed by atoms with Crippen molar-refractivity contribution >= 4 is 17.6 Å². The minimum atomic E-state index is -0.226. The molecule has 1 aromatic heterocycles. The molecule has 1 heterocycles. The molecule has 0 atom stereocenters. The van der Waals surface area contributed by atoms with E-state index in [9.17, 15) is 4.39 Å². The second-order valence-corrected chi connectivity index (χ2v) is 6.14. The molecule has 26 heavy (non-hydrogen) atoms. The molecule has 0 aliphatic heterocycles. The summed E-state index contributed by atoms with van der Waals surface area (Å²) < 4.78 is 13.8. The van der Waals surface area contributed by atoms with Crippen molar-refractivity contribution in [2.45, 2.75) is 20.0 Å². The van der Waals surface area contributed by atoms with Crippen LogP contribution in [0.15, 0.2) is 48.5 Å². The molecule has 0 aliphatic rings. The number of para-hydroxylation sites is 1. The number of rotatable bonds is 6. The zero-order valence-electron chi connectivity index (χ0n) is 14.8. The molecule has 3 N–H and O–H groups in total. The van der Waals surface area contributed by atoms with E-state index in [-0.39, 0.29) is 11.8 Å². The Bertz CT molecular complexity index is 899. The van der Waals surface area contributed by atoms with Gasteiger partial charge < -0.3 is 11.1 Å². The molecule has 2 aromatic carbocycles. The third-order valence-corrected chi connectivity index (χ3v) is 3.90. The molecule has 0 saturated heterocycles. The van der Waals surface area contributed by atoms with E-state index in [1.54, 1.807) is 12.1 Å². The first kappa shape index (κ1) is 17.8. The summed E-state index contributed by atoms with van der Waals surface area (Å²) in [5.74, 6) is 0.829. The first-order chi connectivity index (χ1) is 12.5. The average molecular weight is 352 g/mol. The lowest BCUT2D eigenvalue weighted by molar-refractivity contribution is 0.305. The highest BCUT2D eigenvalue weighted by Crippen LogP contribution is 2.18. The van der Waals surface area contributed by atoms with Crippen LogP contribution in [0.5, 0.6) is 0 Å². The van der Waals surface area contributed by atoms with Crippen LogP contribution in [0.25, 0.3) is 0 Å². The maximum atomic E-state index is 13.8. The molecule has 0 saturated carbocycles. The number of aromatic nitrogens is 3. The first-order valence-corrected chi connectivity index (χ1v) is 8.26. The Morgan fingerprint density at radius 3 is 2.50 bits per heavy atom. The van der Waals surface area contributed by atoms with Crippen molar-refractivity contribution in [3.63, 3.8) is 0 Å². The Hall–Kier alpha value is -3.06. The van der Waals surface area contributed by atoms with E-state index in [4.69, 9.17) is 5.73 Å². The smallest absolute Gasteiger partial charge is 0.232 e. The highest BCUT2D eigenvalue weighted by atomic mass is 19.1. The Morgan fingerprint density at radius 2 is 1.73 bits per heavy atom. The van der Waals surface area contributed by atoms with Crippen LogP contribution < -0.4 is 11.1 Å². The van der Waals surface area contributed by atoms with Crippen molar-refractivity contribution in [1.29, 1.82) is 0 Å². The van der Waals surface area contributed by atoms with Crippen molar-refractivity contribution in [3.8, 4) is 0 Å². The van der Waals surface area contributed by atoms with Gasteiger partial charge >= 0.3 is 0 Å². The summed E-state index contributed by atoms with van der Waals surface area (Å²) in [5.41, 5.74) is 8.42. The summed E-state index contributed by atoms with van der Waals surface area (Å²) in [7, 11) is 1.88. The quantitative estimate of drug-likeness (QED) is 0.709. The number of hydrogen-bond donors (Lipinski definition) is 2. The fourth-order valence-electron chi connectivity index (χ4n) is 2.61. The second-order valence-electron chi connectivity index (χ2n) is 6.14. The topological polar surface area (TPSA) is 80.0 Å². The second kappa shape index (κ2) is 7.88. The van der Waals surface area contributed by atoms with Crippen molar-refractivity contribution in [2.75, 3.05) is 18.1 Å². The van der Waals surface area contributed by atoms with Gasteiger partial charge in [-0.1, -0.05) is 36.4 Å². The standard InChI is InChI=1S/C19H21FN6/c1-13-7-3-6-10-16(13)22-19-24-17(23-18(21)25-19)12-26(2)11-14-8-4-5-9-15(14)20/h3-10H,11-12H2,1-2H3,(H3,21,22,23,24,25). The normalized spacial score (nSPS) is 10.9. The third-order valence-electron chi connectivity index (χ3n) is 3.90. The maximum absolute atomic E-state index is 13.8. The van der Waals surface area contributed by atoms with Gasteiger partial charge in [0.25, 0.3) is 0 Å². The fraction of sp³-hybridized carbons (Fsp3) is 0.211. The number of aryl methyl sites for hydroxylation is 1. The molecule has 0 radical (unpaired) electrons. The van der Waals surface area contributed by atoms with Crippen LogP contribution in [0.1, 0.15) is 17.0 Å². The number of nitrogen functional groups attached to an aromatic ring is 1. The largest absolute Gasteiger partial charge is 0.368 e. The van der Waals surface area contributed by atoms with Gasteiger partial charge in [-0.05, 0) is 31.7 Å². The van der Waals surface area contributed by atoms with Gasteiger partial charge in [0.05, 0.1) is 6.54 Å². The Balaban J connectivity index is 1.73. The highest BCUT2D eigenvalue weighted by Gasteiger charge is 2.10. The number of halogens is 1. The van der Waals surface area contributed by atoms with E-state index in [0.717, 1.165) is 11.3 Å². The van der Waals surface area contributed by atoms with Gasteiger partial charge in [-0.25, -0.2) is 4.39 Å². The highest BCUT2D eigenvalue weighted by molar-refractivity contribution is 5.58. The third kappa shape index (κ3) is 4.52. The molecular formula is C19H21FN6. The van der Waals surface area contributed by atoms with E-state index in [2.05, 4.69) is 20.3 Å². The van der Waals surface area contributed by atoms with Crippen LogP contribution in [-0.2, 0) is 13.1 Å². The summed E-state index contributed by atoms with van der Waals surface area (Å²) >= 11 is 0. The Kier molecular flexibility index (Phi) is 5.38. The van der Waals surface area contributed by atoms with Gasteiger partial charge in [-0.15, -0.1) is 0 Å². The number of hydrogen-bond acceptors (Lipinski definition) is 6. The number of nitrogens with two attached hydrogens (primary N) is 1. The number of nitrogens with one attached hydrogen (secondary N) is 1. The van der Waals surface area contributed by atoms with Crippen molar-refractivity contribution in [3.05, 3.63) is 71.3 Å². The zero-order chi connectivity index (χ0) is 18.5. The number of nitrogens with zero attached hydrogens (tertiary/aromatic N) is 4. The Morgan fingerprint density at radius 1 is 1.00 bits per heavy atom. The van der Waals surface area contributed by atoms with Crippen LogP contribution in [0.3, 0.4) is 0 Å². The van der Waals surface area contributed by atoms with E-state index < -0.39 is 0 Å². The minimum absolute atomic E-state index is 0.144. The lowest BCUT2D eigenvalue weighted by Crippen LogP contribution is -2.20. The molecule has 0 bridgehead atoms. The van der Waals surface area contributed by atoms with Crippen molar-refractivity contribution in [1.82, 2.24) is 19.9 Å². The molecule has 7 heteroatoms. The summed E-state index contributed by atoms with van der Waals surface area (Å²) in [4.78, 5) is 14.7. The van der Waals surface area contributed by atoms with E-state index in [1.807, 2.05) is 49.2 Å². The summed E-state index contributed by atoms with van der Waals surface area (Å²) in [5, 5.41) is 3.16. The lowest BCUT2D eigenvalue weighted by Gasteiger charge is -2.17. The van der Waals surface area contributed by atoms with Crippen LogP contribution in [0.4, 0.5) is 22.0 Å².